The van der Waals surface area contributed by atoms with Crippen molar-refractivity contribution < 1.29 is 4.79 Å². The highest BCUT2D eigenvalue weighted by atomic mass is 16.1. The zero-order chi connectivity index (χ0) is 18.5. The van der Waals surface area contributed by atoms with E-state index in [0.717, 1.165) is 35.4 Å². The lowest BCUT2D eigenvalue weighted by Gasteiger charge is -2.18. The van der Waals surface area contributed by atoms with Crippen LogP contribution in [0.5, 0.6) is 0 Å². The maximum atomic E-state index is 12.5. The Balaban J connectivity index is 1.81. The minimum atomic E-state index is -0.136. The van der Waals surface area contributed by atoms with Gasteiger partial charge >= 0.3 is 0 Å². The summed E-state index contributed by atoms with van der Waals surface area (Å²) in [6.45, 7) is 7.37. The van der Waals surface area contributed by atoms with Crippen molar-refractivity contribution >= 4 is 16.9 Å². The van der Waals surface area contributed by atoms with Crippen molar-refractivity contribution in [1.29, 1.82) is 0 Å². The molecule has 0 fully saturated rings. The number of carbonyl (C=O) groups is 1. The first-order chi connectivity index (χ1) is 12.6. The number of fused-ring (bicyclic) bond motifs is 1. The number of imidazole rings is 1. The van der Waals surface area contributed by atoms with Crippen molar-refractivity contribution in [3.05, 3.63) is 66.0 Å². The average molecular weight is 349 g/mol. The van der Waals surface area contributed by atoms with Crippen molar-refractivity contribution in [3.63, 3.8) is 0 Å². The Labute approximate surface area is 155 Å². The van der Waals surface area contributed by atoms with Crippen molar-refractivity contribution in [1.82, 2.24) is 14.9 Å². The largest absolute Gasteiger partial charge is 0.346 e. The van der Waals surface area contributed by atoms with Crippen molar-refractivity contribution in [2.75, 3.05) is 0 Å². The molecule has 4 nitrogen and oxygen atoms in total. The van der Waals surface area contributed by atoms with E-state index in [0.29, 0.717) is 12.3 Å². The SMILES string of the molecule is CCC(C)Cn1c(C(C)NC(=O)Cc2ccccc2)nc2ccccc21. The third kappa shape index (κ3) is 4.13. The molecule has 4 heteroatoms. The lowest BCUT2D eigenvalue weighted by molar-refractivity contribution is -0.121. The number of nitrogens with zero attached hydrogens (tertiary/aromatic N) is 2. The van der Waals surface area contributed by atoms with Crippen molar-refractivity contribution in [2.45, 2.75) is 46.2 Å². The number of hydrogen-bond donors (Lipinski definition) is 1. The molecule has 1 aromatic heterocycles. The zero-order valence-corrected chi connectivity index (χ0v) is 15.8. The number of para-hydroxylation sites is 2. The molecule has 2 aromatic carbocycles. The molecule has 0 aliphatic carbocycles. The van der Waals surface area contributed by atoms with E-state index in [1.807, 2.05) is 55.5 Å². The van der Waals surface area contributed by atoms with Gasteiger partial charge in [0, 0.05) is 6.54 Å². The lowest BCUT2D eigenvalue weighted by Crippen LogP contribution is -2.30. The molecule has 0 bridgehead atoms. The van der Waals surface area contributed by atoms with E-state index in [1.54, 1.807) is 0 Å². The fraction of sp³-hybridized carbons (Fsp3) is 0.364. The number of carbonyl (C=O) groups excluding carboxylic acids is 1. The van der Waals surface area contributed by atoms with Crippen LogP contribution in [0.15, 0.2) is 54.6 Å². The molecule has 0 saturated carbocycles. The van der Waals surface area contributed by atoms with E-state index >= 15 is 0 Å². The summed E-state index contributed by atoms with van der Waals surface area (Å²) >= 11 is 0. The number of benzene rings is 2. The standard InChI is InChI=1S/C22H27N3O/c1-4-16(2)15-25-20-13-9-8-12-19(20)24-22(25)17(3)23-21(26)14-18-10-6-5-7-11-18/h5-13,16-17H,4,14-15H2,1-3H3,(H,23,26). The van der Waals surface area contributed by atoms with E-state index in [9.17, 15) is 4.79 Å². The van der Waals surface area contributed by atoms with Gasteiger partial charge in [-0.1, -0.05) is 62.7 Å². The van der Waals surface area contributed by atoms with Gasteiger partial charge in [0.25, 0.3) is 0 Å². The normalized spacial score (nSPS) is 13.5. The Morgan fingerprint density at radius 1 is 1.08 bits per heavy atom. The van der Waals surface area contributed by atoms with Crippen LogP contribution in [0.4, 0.5) is 0 Å². The van der Waals surface area contributed by atoms with E-state index < -0.39 is 0 Å². The lowest BCUT2D eigenvalue weighted by atomic mass is 10.1. The van der Waals surface area contributed by atoms with Crippen LogP contribution in [0.2, 0.25) is 0 Å². The predicted molar refractivity (Wildman–Crippen MR) is 106 cm³/mol. The first kappa shape index (κ1) is 18.2. The van der Waals surface area contributed by atoms with Crippen molar-refractivity contribution in [2.24, 2.45) is 5.92 Å². The molecule has 1 N–H and O–H groups in total. The monoisotopic (exact) mass is 349 g/mol. The Morgan fingerprint density at radius 3 is 2.50 bits per heavy atom. The van der Waals surface area contributed by atoms with Gasteiger partial charge in [-0.25, -0.2) is 4.98 Å². The van der Waals surface area contributed by atoms with Crippen LogP contribution in [0.1, 0.15) is 44.6 Å². The Morgan fingerprint density at radius 2 is 1.77 bits per heavy atom. The Hall–Kier alpha value is -2.62. The first-order valence-corrected chi connectivity index (χ1v) is 9.37. The maximum absolute atomic E-state index is 12.5. The molecular weight excluding hydrogens is 322 g/mol. The molecule has 136 valence electrons. The van der Waals surface area contributed by atoms with Gasteiger partial charge in [-0.15, -0.1) is 0 Å². The summed E-state index contributed by atoms with van der Waals surface area (Å²) in [5.41, 5.74) is 3.13. The van der Waals surface area contributed by atoms with Gasteiger partial charge in [0.05, 0.1) is 23.5 Å². The van der Waals surface area contributed by atoms with Gasteiger partial charge in [-0.05, 0) is 30.5 Å². The topological polar surface area (TPSA) is 46.9 Å². The molecule has 0 radical (unpaired) electrons. The van der Waals surface area contributed by atoms with Gasteiger partial charge < -0.3 is 9.88 Å². The summed E-state index contributed by atoms with van der Waals surface area (Å²) < 4.78 is 2.26. The van der Waals surface area contributed by atoms with E-state index in [1.165, 1.54) is 0 Å². The minimum absolute atomic E-state index is 0.0193. The van der Waals surface area contributed by atoms with Crippen LogP contribution in [-0.2, 0) is 17.8 Å². The summed E-state index contributed by atoms with van der Waals surface area (Å²) in [6.07, 6.45) is 1.50. The average Bonchev–Trinajstić information content (AvgIpc) is 3.01. The van der Waals surface area contributed by atoms with Crippen LogP contribution >= 0.6 is 0 Å². The molecule has 1 heterocycles. The van der Waals surface area contributed by atoms with E-state index in [4.69, 9.17) is 4.98 Å². The van der Waals surface area contributed by atoms with Crippen LogP contribution in [0, 0.1) is 5.92 Å². The highest BCUT2D eigenvalue weighted by molar-refractivity contribution is 5.79. The Kier molecular flexibility index (Phi) is 5.71. The smallest absolute Gasteiger partial charge is 0.224 e. The Bertz CT molecular complexity index is 869. The number of rotatable bonds is 7. The molecule has 1 amide bonds. The second-order valence-corrected chi connectivity index (χ2v) is 7.03. The third-order valence-electron chi connectivity index (χ3n) is 4.85. The zero-order valence-electron chi connectivity index (χ0n) is 15.8. The van der Waals surface area contributed by atoms with Crippen LogP contribution in [0.3, 0.4) is 0 Å². The minimum Gasteiger partial charge on any atom is -0.346 e. The molecule has 0 aliphatic rings. The summed E-state index contributed by atoms with van der Waals surface area (Å²) in [6, 6.07) is 17.9. The molecule has 26 heavy (non-hydrogen) atoms. The second-order valence-electron chi connectivity index (χ2n) is 7.03. The summed E-state index contributed by atoms with van der Waals surface area (Å²) in [4.78, 5) is 17.3. The first-order valence-electron chi connectivity index (χ1n) is 9.37. The molecule has 0 spiro atoms. The molecule has 2 unspecified atom stereocenters. The number of aromatic nitrogens is 2. The van der Waals surface area contributed by atoms with E-state index in [2.05, 4.69) is 29.8 Å². The van der Waals surface area contributed by atoms with Crippen molar-refractivity contribution in [3.8, 4) is 0 Å². The molecule has 2 atom stereocenters. The number of amides is 1. The highest BCUT2D eigenvalue weighted by Gasteiger charge is 2.19. The van der Waals surface area contributed by atoms with Gasteiger partial charge in [-0.2, -0.15) is 0 Å². The second kappa shape index (κ2) is 8.17. The van der Waals surface area contributed by atoms with Gasteiger partial charge in [0.15, 0.2) is 0 Å². The summed E-state index contributed by atoms with van der Waals surface area (Å²) in [5.74, 6) is 1.50. The predicted octanol–water partition coefficient (Wildman–Crippen LogP) is 4.50. The number of nitrogens with one attached hydrogen (secondary N) is 1. The maximum Gasteiger partial charge on any atom is 0.224 e. The summed E-state index contributed by atoms with van der Waals surface area (Å²) in [7, 11) is 0. The fourth-order valence-corrected chi connectivity index (χ4v) is 3.20. The van der Waals surface area contributed by atoms with Crippen LogP contribution < -0.4 is 5.32 Å². The van der Waals surface area contributed by atoms with Gasteiger partial charge in [0.2, 0.25) is 5.91 Å². The van der Waals surface area contributed by atoms with Crippen LogP contribution in [-0.4, -0.2) is 15.5 Å². The number of hydrogen-bond acceptors (Lipinski definition) is 2. The fourth-order valence-electron chi connectivity index (χ4n) is 3.20. The highest BCUT2D eigenvalue weighted by Crippen LogP contribution is 2.23. The molecule has 0 saturated heterocycles. The van der Waals surface area contributed by atoms with Crippen LogP contribution in [0.25, 0.3) is 11.0 Å². The molecule has 0 aliphatic heterocycles. The third-order valence-corrected chi connectivity index (χ3v) is 4.85. The van der Waals surface area contributed by atoms with Gasteiger partial charge in [0.1, 0.15) is 5.82 Å². The molecular formula is C22H27N3O. The molecule has 3 aromatic rings. The van der Waals surface area contributed by atoms with Gasteiger partial charge in [-0.3, -0.25) is 4.79 Å². The quantitative estimate of drug-likeness (QED) is 0.682. The van der Waals surface area contributed by atoms with E-state index in [-0.39, 0.29) is 11.9 Å². The molecule has 3 rings (SSSR count). The summed E-state index contributed by atoms with van der Waals surface area (Å²) in [5, 5.41) is 3.12.